The van der Waals surface area contributed by atoms with Crippen molar-refractivity contribution in [2.75, 3.05) is 5.32 Å². The molecule has 2 aromatic heterocycles. The van der Waals surface area contributed by atoms with Gasteiger partial charge in [-0.15, -0.1) is 0 Å². The molecule has 0 radical (unpaired) electrons. The number of aryl methyl sites for hydroxylation is 3. The predicted molar refractivity (Wildman–Crippen MR) is 113 cm³/mol. The maximum absolute atomic E-state index is 12.2. The topological polar surface area (TPSA) is 96.7 Å². The second-order valence-corrected chi connectivity index (χ2v) is 7.84. The molecule has 4 rings (SSSR count). The third kappa shape index (κ3) is 5.03. The van der Waals surface area contributed by atoms with Crippen LogP contribution in [0.2, 0.25) is 0 Å². The molecule has 29 heavy (non-hydrogen) atoms. The van der Waals surface area contributed by atoms with E-state index in [0.29, 0.717) is 23.9 Å². The van der Waals surface area contributed by atoms with Crippen LogP contribution in [0.3, 0.4) is 0 Å². The van der Waals surface area contributed by atoms with Gasteiger partial charge >= 0.3 is 0 Å². The number of carbonyl (C=O) groups excluding carboxylic acids is 1. The van der Waals surface area contributed by atoms with Crippen LogP contribution < -0.4 is 5.32 Å². The van der Waals surface area contributed by atoms with Gasteiger partial charge in [0, 0.05) is 18.5 Å². The number of anilines is 1. The summed E-state index contributed by atoms with van der Waals surface area (Å²) in [6.45, 7) is 4.01. The number of rotatable bonds is 7. The SMILES string of the molecule is Cc1cc(C)cc(NC(=O)CCc2nc(CSc3nc4ccccc4[nH]3)no2)c1. The van der Waals surface area contributed by atoms with Gasteiger partial charge in [-0.1, -0.05) is 35.1 Å². The monoisotopic (exact) mass is 407 g/mol. The number of hydrogen-bond acceptors (Lipinski definition) is 6. The highest BCUT2D eigenvalue weighted by atomic mass is 32.2. The van der Waals surface area contributed by atoms with Gasteiger partial charge in [-0.05, 0) is 49.2 Å². The normalized spacial score (nSPS) is 11.1. The Morgan fingerprint density at radius 3 is 2.72 bits per heavy atom. The lowest BCUT2D eigenvalue weighted by molar-refractivity contribution is -0.116. The average Bonchev–Trinajstić information content (AvgIpc) is 3.30. The van der Waals surface area contributed by atoms with Crippen molar-refractivity contribution >= 4 is 34.4 Å². The zero-order valence-electron chi connectivity index (χ0n) is 16.2. The number of amides is 1. The van der Waals surface area contributed by atoms with E-state index in [1.165, 1.54) is 11.8 Å². The van der Waals surface area contributed by atoms with Gasteiger partial charge in [0.05, 0.1) is 16.8 Å². The molecule has 2 heterocycles. The zero-order valence-corrected chi connectivity index (χ0v) is 17.0. The van der Waals surface area contributed by atoms with Crippen molar-refractivity contribution in [3.63, 3.8) is 0 Å². The van der Waals surface area contributed by atoms with Gasteiger partial charge in [0.15, 0.2) is 11.0 Å². The molecule has 2 N–H and O–H groups in total. The molecule has 0 bridgehead atoms. The standard InChI is InChI=1S/C21H21N5O2S/c1-13-9-14(2)11-15(10-13)22-19(27)7-8-20-25-18(26-28-20)12-29-21-23-16-5-3-4-6-17(16)24-21/h3-6,9-11H,7-8,12H2,1-2H3,(H,22,27)(H,23,24). The first-order valence-corrected chi connectivity index (χ1v) is 10.3. The van der Waals surface area contributed by atoms with E-state index in [4.69, 9.17) is 4.52 Å². The third-order valence-corrected chi connectivity index (χ3v) is 5.16. The molecule has 0 unspecified atom stereocenters. The highest BCUT2D eigenvalue weighted by Gasteiger charge is 2.11. The smallest absolute Gasteiger partial charge is 0.227 e. The summed E-state index contributed by atoms with van der Waals surface area (Å²) in [5, 5.41) is 7.72. The summed E-state index contributed by atoms with van der Waals surface area (Å²) < 4.78 is 5.27. The number of imidazole rings is 1. The molecule has 0 aliphatic heterocycles. The molecule has 7 nitrogen and oxygen atoms in total. The number of fused-ring (bicyclic) bond motifs is 1. The Kier molecular flexibility index (Phi) is 5.62. The fourth-order valence-corrected chi connectivity index (χ4v) is 3.80. The summed E-state index contributed by atoms with van der Waals surface area (Å²) in [5.41, 5.74) is 4.96. The summed E-state index contributed by atoms with van der Waals surface area (Å²) in [6.07, 6.45) is 0.685. The van der Waals surface area contributed by atoms with Crippen LogP contribution in [0.4, 0.5) is 5.69 Å². The first kappa shape index (κ1) is 19.2. The predicted octanol–water partition coefficient (Wildman–Crippen LogP) is 4.43. The van der Waals surface area contributed by atoms with E-state index in [0.717, 1.165) is 33.0 Å². The lowest BCUT2D eigenvalue weighted by Gasteiger charge is -2.06. The molecule has 4 aromatic rings. The van der Waals surface area contributed by atoms with Crippen LogP contribution >= 0.6 is 11.8 Å². The summed E-state index contributed by atoms with van der Waals surface area (Å²) >= 11 is 1.51. The van der Waals surface area contributed by atoms with Crippen molar-refractivity contribution < 1.29 is 9.32 Å². The van der Waals surface area contributed by atoms with Crippen LogP contribution in [0.25, 0.3) is 11.0 Å². The Balaban J connectivity index is 1.28. The fourth-order valence-electron chi connectivity index (χ4n) is 3.07. The fraction of sp³-hybridized carbons (Fsp3) is 0.238. The molecule has 0 atom stereocenters. The molecule has 148 valence electrons. The summed E-state index contributed by atoms with van der Waals surface area (Å²) in [6, 6.07) is 13.8. The molecule has 0 aliphatic carbocycles. The molecule has 1 amide bonds. The zero-order chi connectivity index (χ0) is 20.2. The molecule has 0 spiro atoms. The van der Waals surface area contributed by atoms with E-state index in [1.807, 2.05) is 50.2 Å². The van der Waals surface area contributed by atoms with Crippen molar-refractivity contribution in [3.05, 3.63) is 65.3 Å². The van der Waals surface area contributed by atoms with Gasteiger partial charge in [-0.25, -0.2) is 4.98 Å². The summed E-state index contributed by atoms with van der Waals surface area (Å²) in [7, 11) is 0. The van der Waals surface area contributed by atoms with E-state index in [-0.39, 0.29) is 12.3 Å². The van der Waals surface area contributed by atoms with E-state index < -0.39 is 0 Å². The second-order valence-electron chi connectivity index (χ2n) is 6.88. The van der Waals surface area contributed by atoms with E-state index in [2.05, 4.69) is 31.5 Å². The van der Waals surface area contributed by atoms with Crippen molar-refractivity contribution in [3.8, 4) is 0 Å². The number of nitrogens with zero attached hydrogens (tertiary/aromatic N) is 3. The molecular formula is C21H21N5O2S. The molecule has 2 aromatic carbocycles. The highest BCUT2D eigenvalue weighted by molar-refractivity contribution is 7.98. The number of H-pyrrole nitrogens is 1. The molecular weight excluding hydrogens is 386 g/mol. The largest absolute Gasteiger partial charge is 0.339 e. The Morgan fingerprint density at radius 2 is 1.93 bits per heavy atom. The number of hydrogen-bond donors (Lipinski definition) is 2. The van der Waals surface area contributed by atoms with Crippen LogP contribution in [0, 0.1) is 13.8 Å². The van der Waals surface area contributed by atoms with E-state index >= 15 is 0 Å². The molecule has 0 fully saturated rings. The minimum atomic E-state index is -0.0774. The van der Waals surface area contributed by atoms with Crippen molar-refractivity contribution in [1.29, 1.82) is 0 Å². The number of para-hydroxylation sites is 2. The average molecular weight is 407 g/mol. The quantitative estimate of drug-likeness (QED) is 0.440. The number of thioether (sulfide) groups is 1. The Hall–Kier alpha value is -3.13. The van der Waals surface area contributed by atoms with Gasteiger partial charge in [0.1, 0.15) is 0 Å². The van der Waals surface area contributed by atoms with Gasteiger partial charge in [0.25, 0.3) is 0 Å². The maximum Gasteiger partial charge on any atom is 0.227 e. The summed E-state index contributed by atoms with van der Waals surface area (Å²) in [5.74, 6) is 1.50. The van der Waals surface area contributed by atoms with Crippen LogP contribution in [-0.2, 0) is 17.0 Å². The third-order valence-electron chi connectivity index (χ3n) is 4.29. The van der Waals surface area contributed by atoms with E-state index in [1.54, 1.807) is 0 Å². The Labute approximate surface area is 172 Å². The first-order valence-electron chi connectivity index (χ1n) is 9.32. The van der Waals surface area contributed by atoms with Crippen LogP contribution in [0.15, 0.2) is 52.1 Å². The van der Waals surface area contributed by atoms with E-state index in [9.17, 15) is 4.79 Å². The van der Waals surface area contributed by atoms with Crippen molar-refractivity contribution in [2.45, 2.75) is 37.6 Å². The van der Waals surface area contributed by atoms with Gasteiger partial charge in [-0.2, -0.15) is 4.98 Å². The second kappa shape index (κ2) is 8.48. The molecule has 8 heteroatoms. The minimum Gasteiger partial charge on any atom is -0.339 e. The number of benzene rings is 2. The molecule has 0 aliphatic rings. The lowest BCUT2D eigenvalue weighted by Crippen LogP contribution is -2.12. The van der Waals surface area contributed by atoms with Crippen LogP contribution in [0.1, 0.15) is 29.3 Å². The van der Waals surface area contributed by atoms with Crippen molar-refractivity contribution in [1.82, 2.24) is 20.1 Å². The van der Waals surface area contributed by atoms with Crippen molar-refractivity contribution in [2.24, 2.45) is 0 Å². The molecule has 0 saturated heterocycles. The highest BCUT2D eigenvalue weighted by Crippen LogP contribution is 2.22. The lowest BCUT2D eigenvalue weighted by atomic mass is 10.1. The number of aromatic amines is 1. The number of carbonyl (C=O) groups is 1. The maximum atomic E-state index is 12.2. The van der Waals surface area contributed by atoms with Gasteiger partial charge in [0.2, 0.25) is 11.8 Å². The van der Waals surface area contributed by atoms with Gasteiger partial charge in [-0.3, -0.25) is 4.79 Å². The Bertz CT molecular complexity index is 1100. The van der Waals surface area contributed by atoms with Crippen LogP contribution in [-0.4, -0.2) is 26.0 Å². The first-order chi connectivity index (χ1) is 14.0. The number of nitrogens with one attached hydrogen (secondary N) is 2. The summed E-state index contributed by atoms with van der Waals surface area (Å²) in [4.78, 5) is 24.3. The van der Waals surface area contributed by atoms with Gasteiger partial charge < -0.3 is 14.8 Å². The number of aromatic nitrogens is 4. The Morgan fingerprint density at radius 1 is 1.14 bits per heavy atom. The minimum absolute atomic E-state index is 0.0774. The van der Waals surface area contributed by atoms with Crippen LogP contribution in [0.5, 0.6) is 0 Å². The molecule has 0 saturated carbocycles.